The van der Waals surface area contributed by atoms with Gasteiger partial charge in [-0.1, -0.05) is 59.8 Å². The van der Waals surface area contributed by atoms with Crippen LogP contribution in [0.5, 0.6) is 17.2 Å². The van der Waals surface area contributed by atoms with Crippen molar-refractivity contribution >= 4 is 27.9 Å². The van der Waals surface area contributed by atoms with E-state index in [-0.39, 0.29) is 34.5 Å². The summed E-state index contributed by atoms with van der Waals surface area (Å²) in [7, 11) is 0. The first-order valence-electron chi connectivity index (χ1n) is 20.9. The number of benzene rings is 5. The van der Waals surface area contributed by atoms with Crippen LogP contribution in [0.3, 0.4) is 0 Å². The molecule has 5 aromatic carbocycles. The van der Waals surface area contributed by atoms with Gasteiger partial charge in [-0.3, -0.25) is 9.59 Å². The van der Waals surface area contributed by atoms with Gasteiger partial charge in [0.05, 0.1) is 61.6 Å². The van der Waals surface area contributed by atoms with E-state index in [4.69, 9.17) is 32.5 Å². The largest absolute Gasteiger partial charge is 0.493 e. The van der Waals surface area contributed by atoms with Crippen molar-refractivity contribution in [2.75, 3.05) is 39.6 Å². The number of carbonyl (C=O) groups is 1. The summed E-state index contributed by atoms with van der Waals surface area (Å²) in [4.78, 5) is 37.6. The first-order chi connectivity index (χ1) is 31.4. The van der Waals surface area contributed by atoms with Gasteiger partial charge in [0.15, 0.2) is 11.2 Å². The van der Waals surface area contributed by atoms with Crippen LogP contribution in [0.4, 0.5) is 0 Å². The van der Waals surface area contributed by atoms with Crippen LogP contribution in [0.25, 0.3) is 44.6 Å². The molecule has 0 saturated carbocycles. The van der Waals surface area contributed by atoms with Crippen molar-refractivity contribution in [1.29, 1.82) is 0 Å². The second-order valence-electron chi connectivity index (χ2n) is 14.8. The number of unbranched alkanes of at least 4 members (excludes halogenated alkanes) is 1. The number of rotatable bonds is 22. The number of para-hydroxylation sites is 1. The van der Waals surface area contributed by atoms with Gasteiger partial charge >= 0.3 is 5.97 Å². The van der Waals surface area contributed by atoms with Crippen molar-refractivity contribution < 1.29 is 42.4 Å². The first kappa shape index (κ1) is 43.1. The van der Waals surface area contributed by atoms with Crippen LogP contribution in [0, 0.1) is 0 Å². The number of fused-ring (bicyclic) bond motifs is 2. The number of carboxylic acid groups (broad SMARTS) is 1. The molecule has 3 aromatic heterocycles. The molecule has 0 fully saturated rings. The van der Waals surface area contributed by atoms with Crippen LogP contribution in [0.15, 0.2) is 152 Å². The number of carboxylic acids is 1. The summed E-state index contributed by atoms with van der Waals surface area (Å²) in [5.74, 6) is 1.01. The topological polar surface area (TPSA) is 175 Å². The van der Waals surface area contributed by atoms with Crippen LogP contribution in [-0.4, -0.2) is 65.7 Å². The smallest absolute Gasteiger partial charge is 0.335 e. The second-order valence-corrected chi connectivity index (χ2v) is 14.8. The van der Waals surface area contributed by atoms with E-state index < -0.39 is 5.97 Å². The third-order valence-corrected chi connectivity index (χ3v) is 10.2. The Morgan fingerprint density at radius 2 is 1.41 bits per heavy atom. The number of aromatic carboxylic acids is 1. The predicted octanol–water partition coefficient (Wildman–Crippen LogP) is 8.62. The summed E-state index contributed by atoms with van der Waals surface area (Å²) in [6.45, 7) is 3.02. The minimum absolute atomic E-state index is 0.0252. The molecule has 14 nitrogen and oxygen atoms in total. The van der Waals surface area contributed by atoms with E-state index in [1.807, 2.05) is 36.5 Å². The molecule has 8 aromatic rings. The summed E-state index contributed by atoms with van der Waals surface area (Å²) in [6, 6.07) is 36.7. The van der Waals surface area contributed by atoms with Gasteiger partial charge < -0.3 is 37.6 Å². The highest BCUT2D eigenvalue weighted by molar-refractivity contribution is 5.87. The average molecular weight is 864 g/mol. The number of nitrogens with zero attached hydrogens (tertiary/aromatic N) is 3. The summed E-state index contributed by atoms with van der Waals surface area (Å²) in [5, 5.41) is 18.8. The molecule has 14 heteroatoms. The van der Waals surface area contributed by atoms with Gasteiger partial charge in [-0.2, -0.15) is 0 Å². The molecule has 1 N–H and O–H groups in total. The third-order valence-electron chi connectivity index (χ3n) is 10.2. The highest BCUT2D eigenvalue weighted by Gasteiger charge is 2.19. The Bertz CT molecular complexity index is 2940. The van der Waals surface area contributed by atoms with E-state index in [0.717, 1.165) is 30.5 Å². The molecule has 326 valence electrons. The molecule has 0 radical (unpaired) electrons. The number of aromatic nitrogens is 3. The van der Waals surface area contributed by atoms with E-state index in [9.17, 15) is 19.5 Å². The molecule has 0 aliphatic carbocycles. The standard InChI is InChI=1S/C50H45N3O11/c54-43-31-45(35-10-2-1-3-11-35)63-46-30-40(20-21-41(43)46)60-23-7-6-13-38-32-53(52-51-38)22-24-58-25-26-59-27-28-61-39-18-16-36(17-19-39)48-49(47(55)42-14-4-5-15-44(42)64-48)62-33-34-9-8-12-37(29-34)50(56)57/h1-5,8-12,14-21,29-32H,6-7,13,22-28,33H2,(H,56,57). The Hall–Kier alpha value is -7.55. The molecule has 0 aliphatic heterocycles. The maximum Gasteiger partial charge on any atom is 0.335 e. The van der Waals surface area contributed by atoms with Gasteiger partial charge in [-0.05, 0) is 85.5 Å². The van der Waals surface area contributed by atoms with Crippen LogP contribution in [0.2, 0.25) is 0 Å². The molecule has 8 rings (SSSR count). The van der Waals surface area contributed by atoms with Crippen LogP contribution in [0.1, 0.15) is 34.5 Å². The van der Waals surface area contributed by atoms with Crippen LogP contribution in [-0.2, 0) is 29.0 Å². The fourth-order valence-corrected chi connectivity index (χ4v) is 6.93. The van der Waals surface area contributed by atoms with Crippen molar-refractivity contribution in [1.82, 2.24) is 15.0 Å². The Morgan fingerprint density at radius 3 is 2.25 bits per heavy atom. The minimum Gasteiger partial charge on any atom is -0.493 e. The predicted molar refractivity (Wildman–Crippen MR) is 239 cm³/mol. The third kappa shape index (κ3) is 11.1. The number of hydrogen-bond donors (Lipinski definition) is 1. The zero-order chi connectivity index (χ0) is 44.1. The monoisotopic (exact) mass is 863 g/mol. The highest BCUT2D eigenvalue weighted by Crippen LogP contribution is 2.33. The van der Waals surface area contributed by atoms with Gasteiger partial charge in [0.25, 0.3) is 0 Å². The van der Waals surface area contributed by atoms with Crippen molar-refractivity contribution in [3.8, 4) is 39.9 Å². The lowest BCUT2D eigenvalue weighted by molar-refractivity contribution is 0.0333. The van der Waals surface area contributed by atoms with Crippen LogP contribution >= 0.6 is 0 Å². The zero-order valence-electron chi connectivity index (χ0n) is 34.9. The van der Waals surface area contributed by atoms with Gasteiger partial charge in [0.1, 0.15) is 41.6 Å². The van der Waals surface area contributed by atoms with Crippen molar-refractivity contribution in [3.05, 3.63) is 171 Å². The van der Waals surface area contributed by atoms with E-state index in [0.29, 0.717) is 96.5 Å². The number of ether oxygens (including phenoxy) is 5. The summed E-state index contributed by atoms with van der Waals surface area (Å²) >= 11 is 0. The summed E-state index contributed by atoms with van der Waals surface area (Å²) in [5.41, 5.74) is 3.55. The number of hydrogen-bond acceptors (Lipinski definition) is 12. The molecule has 0 bridgehead atoms. The highest BCUT2D eigenvalue weighted by atomic mass is 16.5. The lowest BCUT2D eigenvalue weighted by Gasteiger charge is -2.13. The fourth-order valence-electron chi connectivity index (χ4n) is 6.93. The van der Waals surface area contributed by atoms with Gasteiger partial charge in [-0.25, -0.2) is 9.48 Å². The zero-order valence-corrected chi connectivity index (χ0v) is 34.9. The maximum absolute atomic E-state index is 13.5. The minimum atomic E-state index is -1.05. The Morgan fingerprint density at radius 1 is 0.641 bits per heavy atom. The van der Waals surface area contributed by atoms with Crippen molar-refractivity contribution in [2.24, 2.45) is 0 Å². The van der Waals surface area contributed by atoms with Gasteiger partial charge in [0, 0.05) is 29.5 Å². The lowest BCUT2D eigenvalue weighted by atomic mass is 10.1. The SMILES string of the molecule is O=C(O)c1cccc(COc2c(-c3ccc(OCCOCCOCCn4cc(CCCCOc5ccc6c(=O)cc(-c7ccccc7)oc6c5)nn4)cc3)oc3ccccc3c2=O)c1. The Kier molecular flexibility index (Phi) is 14.2. The Labute approximate surface area is 367 Å². The number of aryl methyl sites for hydroxylation is 1. The molecule has 0 aliphatic rings. The van der Waals surface area contributed by atoms with Crippen LogP contribution < -0.4 is 25.1 Å². The molecule has 0 atom stereocenters. The van der Waals surface area contributed by atoms with E-state index in [1.165, 1.54) is 18.2 Å². The lowest BCUT2D eigenvalue weighted by Crippen LogP contribution is -2.13. The van der Waals surface area contributed by atoms with Gasteiger partial charge in [0.2, 0.25) is 11.2 Å². The molecule has 3 heterocycles. The molecular formula is C50H45N3O11. The molecular weight excluding hydrogens is 819 g/mol. The van der Waals surface area contributed by atoms with Gasteiger partial charge in [-0.15, -0.1) is 5.10 Å². The van der Waals surface area contributed by atoms with E-state index >= 15 is 0 Å². The average Bonchev–Trinajstić information content (AvgIpc) is 3.78. The maximum atomic E-state index is 13.5. The van der Waals surface area contributed by atoms with E-state index in [2.05, 4.69) is 10.3 Å². The van der Waals surface area contributed by atoms with E-state index in [1.54, 1.807) is 83.5 Å². The quantitative estimate of drug-likeness (QED) is 0.0642. The second kappa shape index (κ2) is 21.0. The summed E-state index contributed by atoms with van der Waals surface area (Å²) in [6.07, 6.45) is 4.39. The molecule has 0 spiro atoms. The first-order valence-corrected chi connectivity index (χ1v) is 20.9. The molecule has 0 saturated heterocycles. The molecule has 0 amide bonds. The Balaban J connectivity index is 0.711. The fraction of sp³-hybridized carbons (Fsp3) is 0.220. The normalized spacial score (nSPS) is 11.2. The van der Waals surface area contributed by atoms with Crippen molar-refractivity contribution in [2.45, 2.75) is 32.4 Å². The summed E-state index contributed by atoms with van der Waals surface area (Å²) < 4.78 is 43.2. The van der Waals surface area contributed by atoms with Crippen molar-refractivity contribution in [3.63, 3.8) is 0 Å². The molecule has 64 heavy (non-hydrogen) atoms. The molecule has 0 unspecified atom stereocenters.